The van der Waals surface area contributed by atoms with Gasteiger partial charge < -0.3 is 10.6 Å². The van der Waals surface area contributed by atoms with E-state index in [9.17, 15) is 9.59 Å². The molecule has 6 heteroatoms. The molecule has 0 saturated heterocycles. The van der Waals surface area contributed by atoms with E-state index in [4.69, 9.17) is 0 Å². The number of hydrogen-bond acceptors (Lipinski definition) is 3. The zero-order chi connectivity index (χ0) is 15.8. The average Bonchev–Trinajstić information content (AvgIpc) is 2.43. The number of thioether (sulfide) groups is 1. The van der Waals surface area contributed by atoms with Crippen LogP contribution in [0, 0.1) is 6.92 Å². The number of nitrogens with one attached hydrogen (secondary N) is 2. The Kier molecular flexibility index (Phi) is 7.82. The first-order chi connectivity index (χ1) is 9.93. The molecule has 4 nitrogen and oxygen atoms in total. The quantitative estimate of drug-likeness (QED) is 0.723. The van der Waals surface area contributed by atoms with Crippen molar-refractivity contribution in [3.05, 3.63) is 28.2 Å². The smallest absolute Gasteiger partial charge is 0.242 e. The van der Waals surface area contributed by atoms with E-state index in [-0.39, 0.29) is 11.8 Å². The van der Waals surface area contributed by atoms with Gasteiger partial charge in [0, 0.05) is 15.9 Å². The normalized spacial score (nSPS) is 11.8. The van der Waals surface area contributed by atoms with Gasteiger partial charge in [-0.2, -0.15) is 0 Å². The predicted molar refractivity (Wildman–Crippen MR) is 90.5 cm³/mol. The van der Waals surface area contributed by atoms with Crippen molar-refractivity contribution in [1.82, 2.24) is 10.6 Å². The molecule has 1 aromatic carbocycles. The van der Waals surface area contributed by atoms with Gasteiger partial charge in [0.15, 0.2) is 0 Å². The molecule has 0 aromatic heterocycles. The molecule has 0 saturated carbocycles. The van der Waals surface area contributed by atoms with Gasteiger partial charge in [-0.1, -0.05) is 22.9 Å². The standard InChI is InChI=1S/C15H21BrN2O2S/c1-4-7-17-15(20)11(3)18-14(19)9-21-13-6-5-12(16)8-10(13)2/h5-6,8,11H,4,7,9H2,1-3H3,(H,17,20)(H,18,19)/t11-/m1/s1. The molecule has 0 aliphatic rings. The van der Waals surface area contributed by atoms with Gasteiger partial charge in [0.1, 0.15) is 6.04 Å². The molecule has 0 aliphatic carbocycles. The van der Waals surface area contributed by atoms with Crippen LogP contribution in [0.3, 0.4) is 0 Å². The maximum Gasteiger partial charge on any atom is 0.242 e. The Labute approximate surface area is 138 Å². The highest BCUT2D eigenvalue weighted by atomic mass is 79.9. The molecular formula is C15H21BrN2O2S. The number of halogens is 1. The van der Waals surface area contributed by atoms with E-state index in [0.29, 0.717) is 12.3 Å². The Balaban J connectivity index is 2.41. The topological polar surface area (TPSA) is 58.2 Å². The van der Waals surface area contributed by atoms with Gasteiger partial charge in [0.25, 0.3) is 0 Å². The molecular weight excluding hydrogens is 352 g/mol. The lowest BCUT2D eigenvalue weighted by molar-refractivity contribution is -0.127. The molecule has 1 atom stereocenters. The maximum atomic E-state index is 11.9. The molecule has 0 radical (unpaired) electrons. The third-order valence-corrected chi connectivity index (χ3v) is 4.48. The molecule has 1 aromatic rings. The van der Waals surface area contributed by atoms with Crippen LogP contribution in [0.2, 0.25) is 0 Å². The summed E-state index contributed by atoms with van der Waals surface area (Å²) in [4.78, 5) is 24.6. The molecule has 0 heterocycles. The second-order valence-electron chi connectivity index (χ2n) is 4.78. The van der Waals surface area contributed by atoms with Crippen LogP contribution >= 0.6 is 27.7 Å². The minimum Gasteiger partial charge on any atom is -0.354 e. The molecule has 0 unspecified atom stereocenters. The van der Waals surface area contributed by atoms with E-state index in [2.05, 4.69) is 26.6 Å². The van der Waals surface area contributed by atoms with Gasteiger partial charge in [-0.05, 0) is 44.0 Å². The van der Waals surface area contributed by atoms with Crippen molar-refractivity contribution in [3.63, 3.8) is 0 Å². The summed E-state index contributed by atoms with van der Waals surface area (Å²) in [5.74, 6) is 0.0184. The Hall–Kier alpha value is -1.01. The van der Waals surface area contributed by atoms with Gasteiger partial charge in [0.2, 0.25) is 11.8 Å². The molecule has 21 heavy (non-hydrogen) atoms. The van der Waals surface area contributed by atoms with E-state index in [1.54, 1.807) is 6.92 Å². The first-order valence-corrected chi connectivity index (χ1v) is 8.68. The van der Waals surface area contributed by atoms with E-state index in [1.165, 1.54) is 11.8 Å². The van der Waals surface area contributed by atoms with Crippen LogP contribution in [-0.4, -0.2) is 30.2 Å². The first kappa shape index (κ1) is 18.0. The number of hydrogen-bond donors (Lipinski definition) is 2. The highest BCUT2D eigenvalue weighted by Gasteiger charge is 2.15. The van der Waals surface area contributed by atoms with Crippen LogP contribution in [0.5, 0.6) is 0 Å². The summed E-state index contributed by atoms with van der Waals surface area (Å²) in [6, 6.07) is 5.44. The van der Waals surface area contributed by atoms with Crippen LogP contribution in [-0.2, 0) is 9.59 Å². The summed E-state index contributed by atoms with van der Waals surface area (Å²) in [7, 11) is 0. The lowest BCUT2D eigenvalue weighted by atomic mass is 10.2. The molecule has 0 spiro atoms. The van der Waals surface area contributed by atoms with Crippen LogP contribution < -0.4 is 10.6 Å². The summed E-state index contributed by atoms with van der Waals surface area (Å²) in [5.41, 5.74) is 1.12. The van der Waals surface area contributed by atoms with Gasteiger partial charge in [-0.15, -0.1) is 11.8 Å². The van der Waals surface area contributed by atoms with Gasteiger partial charge in [0.05, 0.1) is 5.75 Å². The van der Waals surface area contributed by atoms with Gasteiger partial charge >= 0.3 is 0 Å². The van der Waals surface area contributed by atoms with Gasteiger partial charge in [-0.3, -0.25) is 9.59 Å². The second kappa shape index (κ2) is 9.10. The average molecular weight is 373 g/mol. The number of amides is 2. The minimum atomic E-state index is -0.504. The Morgan fingerprint density at radius 2 is 2.10 bits per heavy atom. The molecule has 0 aliphatic heterocycles. The van der Waals surface area contributed by atoms with Crippen molar-refractivity contribution in [2.24, 2.45) is 0 Å². The lowest BCUT2D eigenvalue weighted by Gasteiger charge is -2.14. The fourth-order valence-corrected chi connectivity index (χ4v) is 2.96. The number of carbonyl (C=O) groups excluding carboxylic acids is 2. The monoisotopic (exact) mass is 372 g/mol. The maximum absolute atomic E-state index is 11.9. The summed E-state index contributed by atoms with van der Waals surface area (Å²) in [5, 5.41) is 5.47. The van der Waals surface area contributed by atoms with E-state index in [1.807, 2.05) is 32.0 Å². The number of rotatable bonds is 7. The summed E-state index contributed by atoms with van der Waals surface area (Å²) < 4.78 is 1.02. The van der Waals surface area contributed by atoms with E-state index >= 15 is 0 Å². The Morgan fingerprint density at radius 3 is 2.71 bits per heavy atom. The molecule has 0 fully saturated rings. The lowest BCUT2D eigenvalue weighted by Crippen LogP contribution is -2.45. The predicted octanol–water partition coefficient (Wildman–Crippen LogP) is 2.88. The zero-order valence-electron chi connectivity index (χ0n) is 12.5. The summed E-state index contributed by atoms with van der Waals surface area (Å²) >= 11 is 4.88. The summed E-state index contributed by atoms with van der Waals surface area (Å²) in [6.07, 6.45) is 0.880. The van der Waals surface area contributed by atoms with Crippen molar-refractivity contribution in [1.29, 1.82) is 0 Å². The van der Waals surface area contributed by atoms with Crippen LogP contribution in [0.15, 0.2) is 27.6 Å². The fraction of sp³-hybridized carbons (Fsp3) is 0.467. The molecule has 2 N–H and O–H groups in total. The summed E-state index contributed by atoms with van der Waals surface area (Å²) in [6.45, 7) is 6.32. The largest absolute Gasteiger partial charge is 0.354 e. The number of aryl methyl sites for hydroxylation is 1. The van der Waals surface area contributed by atoms with Crippen LogP contribution in [0.1, 0.15) is 25.8 Å². The second-order valence-corrected chi connectivity index (χ2v) is 6.71. The third kappa shape index (κ3) is 6.52. The van der Waals surface area contributed by atoms with E-state index < -0.39 is 6.04 Å². The van der Waals surface area contributed by atoms with Gasteiger partial charge in [-0.25, -0.2) is 0 Å². The van der Waals surface area contributed by atoms with Crippen LogP contribution in [0.4, 0.5) is 0 Å². The molecule has 1 rings (SSSR count). The van der Waals surface area contributed by atoms with E-state index in [0.717, 1.165) is 21.4 Å². The molecule has 2 amide bonds. The number of carbonyl (C=O) groups is 2. The highest BCUT2D eigenvalue weighted by molar-refractivity contribution is 9.10. The van der Waals surface area contributed by atoms with Crippen molar-refractivity contribution in [3.8, 4) is 0 Å². The first-order valence-electron chi connectivity index (χ1n) is 6.90. The number of benzene rings is 1. The third-order valence-electron chi connectivity index (χ3n) is 2.82. The Morgan fingerprint density at radius 1 is 1.38 bits per heavy atom. The van der Waals surface area contributed by atoms with Crippen molar-refractivity contribution in [2.45, 2.75) is 38.1 Å². The Bertz CT molecular complexity index is 508. The van der Waals surface area contributed by atoms with Crippen molar-refractivity contribution in [2.75, 3.05) is 12.3 Å². The molecule has 0 bridgehead atoms. The fourth-order valence-electron chi connectivity index (χ4n) is 1.67. The molecule has 116 valence electrons. The van der Waals surface area contributed by atoms with Crippen molar-refractivity contribution >= 4 is 39.5 Å². The highest BCUT2D eigenvalue weighted by Crippen LogP contribution is 2.25. The zero-order valence-corrected chi connectivity index (χ0v) is 14.9. The van der Waals surface area contributed by atoms with Crippen molar-refractivity contribution < 1.29 is 9.59 Å². The minimum absolute atomic E-state index is 0.138. The SMILES string of the molecule is CCCNC(=O)[C@@H](C)NC(=O)CSc1ccc(Br)cc1C. The van der Waals surface area contributed by atoms with Crippen LogP contribution in [0.25, 0.3) is 0 Å².